The van der Waals surface area contributed by atoms with Gasteiger partial charge in [-0.2, -0.15) is 5.10 Å². The molecule has 0 aliphatic carbocycles. The zero-order chi connectivity index (χ0) is 12.8. The van der Waals surface area contributed by atoms with Crippen LogP contribution in [0.4, 0.5) is 5.82 Å². The van der Waals surface area contributed by atoms with Gasteiger partial charge in [0.15, 0.2) is 0 Å². The summed E-state index contributed by atoms with van der Waals surface area (Å²) in [6.45, 7) is 4.04. The molecule has 1 fully saturated rings. The third kappa shape index (κ3) is 4.84. The Morgan fingerprint density at radius 3 is 3.16 bits per heavy atom. The van der Waals surface area contributed by atoms with Crippen molar-refractivity contribution >= 4 is 24.1 Å². The molecular formula is C13H23ClN4O. The van der Waals surface area contributed by atoms with E-state index in [-0.39, 0.29) is 18.3 Å². The summed E-state index contributed by atoms with van der Waals surface area (Å²) in [4.78, 5) is 11.9. The number of nitrogens with one attached hydrogen (secondary N) is 2. The molecule has 0 aromatic carbocycles. The van der Waals surface area contributed by atoms with Gasteiger partial charge in [-0.3, -0.25) is 4.79 Å². The molecule has 1 aliphatic heterocycles. The molecule has 1 aromatic heterocycles. The topological polar surface area (TPSA) is 59.0 Å². The van der Waals surface area contributed by atoms with E-state index in [0.29, 0.717) is 12.5 Å². The van der Waals surface area contributed by atoms with E-state index in [4.69, 9.17) is 0 Å². The lowest BCUT2D eigenvalue weighted by Gasteiger charge is -2.11. The van der Waals surface area contributed by atoms with E-state index < -0.39 is 0 Å². The third-order valence-electron chi connectivity index (χ3n) is 3.30. The number of hydrogen-bond donors (Lipinski definition) is 2. The summed E-state index contributed by atoms with van der Waals surface area (Å²) < 4.78 is 1.86. The smallest absolute Gasteiger partial charge is 0.227 e. The van der Waals surface area contributed by atoms with Gasteiger partial charge in [0.1, 0.15) is 5.82 Å². The molecule has 1 aromatic rings. The predicted octanol–water partition coefficient (Wildman–Crippen LogP) is 2.19. The van der Waals surface area contributed by atoms with Crippen molar-refractivity contribution < 1.29 is 4.79 Å². The lowest BCUT2D eigenvalue weighted by atomic mass is 10.1. The zero-order valence-corrected chi connectivity index (χ0v) is 12.2. The van der Waals surface area contributed by atoms with Crippen molar-refractivity contribution in [1.29, 1.82) is 0 Å². The van der Waals surface area contributed by atoms with Crippen molar-refractivity contribution in [3.63, 3.8) is 0 Å². The van der Waals surface area contributed by atoms with Crippen LogP contribution in [0.5, 0.6) is 0 Å². The molecule has 1 aliphatic rings. The Morgan fingerprint density at radius 1 is 1.63 bits per heavy atom. The minimum Gasteiger partial charge on any atom is -0.313 e. The zero-order valence-electron chi connectivity index (χ0n) is 11.4. The molecular weight excluding hydrogens is 264 g/mol. The molecule has 108 valence electrons. The Bertz CT molecular complexity index is 388. The molecule has 0 spiro atoms. The van der Waals surface area contributed by atoms with Crippen LogP contribution in [0.1, 0.15) is 39.0 Å². The maximum atomic E-state index is 11.9. The standard InChI is InChI=1S/C13H22N4O.ClH/c1-2-3-9-17-12(6-8-15-17)16-13(18)10-11-5-4-7-14-11;/h6,8,11,14H,2-5,7,9-10H2,1H3,(H,16,18);1H. The first-order valence-corrected chi connectivity index (χ1v) is 6.84. The molecule has 2 N–H and O–H groups in total. The van der Waals surface area contributed by atoms with Gasteiger partial charge in [-0.05, 0) is 25.8 Å². The van der Waals surface area contributed by atoms with Gasteiger partial charge in [0.2, 0.25) is 5.91 Å². The highest BCUT2D eigenvalue weighted by molar-refractivity contribution is 5.90. The molecule has 19 heavy (non-hydrogen) atoms. The average molecular weight is 287 g/mol. The van der Waals surface area contributed by atoms with Crippen LogP contribution in [0.15, 0.2) is 12.3 Å². The highest BCUT2D eigenvalue weighted by atomic mass is 35.5. The molecule has 0 radical (unpaired) electrons. The summed E-state index contributed by atoms with van der Waals surface area (Å²) in [5.74, 6) is 0.888. The second kappa shape index (κ2) is 8.17. The summed E-state index contributed by atoms with van der Waals surface area (Å²) in [5.41, 5.74) is 0. The predicted molar refractivity (Wildman–Crippen MR) is 78.7 cm³/mol. The molecule has 2 heterocycles. The van der Waals surface area contributed by atoms with E-state index in [0.717, 1.165) is 38.2 Å². The summed E-state index contributed by atoms with van der Waals surface area (Å²) >= 11 is 0. The van der Waals surface area contributed by atoms with Crippen molar-refractivity contribution in [3.05, 3.63) is 12.3 Å². The number of rotatable bonds is 6. The van der Waals surface area contributed by atoms with Crippen LogP contribution >= 0.6 is 12.4 Å². The Hall–Kier alpha value is -1.07. The van der Waals surface area contributed by atoms with E-state index in [1.165, 1.54) is 6.42 Å². The van der Waals surface area contributed by atoms with E-state index in [1.54, 1.807) is 6.20 Å². The molecule has 1 saturated heterocycles. The Labute approximate surface area is 120 Å². The second-order valence-electron chi connectivity index (χ2n) is 4.84. The van der Waals surface area contributed by atoms with Gasteiger partial charge in [0.05, 0.1) is 6.20 Å². The first-order chi connectivity index (χ1) is 8.79. The Kier molecular flexibility index (Phi) is 6.87. The van der Waals surface area contributed by atoms with Gasteiger partial charge >= 0.3 is 0 Å². The van der Waals surface area contributed by atoms with Gasteiger partial charge in [-0.1, -0.05) is 13.3 Å². The largest absolute Gasteiger partial charge is 0.313 e. The van der Waals surface area contributed by atoms with E-state index >= 15 is 0 Å². The quantitative estimate of drug-likeness (QED) is 0.843. The van der Waals surface area contributed by atoms with Crippen LogP contribution < -0.4 is 10.6 Å². The number of aryl methyl sites for hydroxylation is 1. The fourth-order valence-corrected chi connectivity index (χ4v) is 2.27. The van der Waals surface area contributed by atoms with Crippen LogP contribution in [0.2, 0.25) is 0 Å². The summed E-state index contributed by atoms with van der Waals surface area (Å²) in [5, 5.41) is 10.5. The summed E-state index contributed by atoms with van der Waals surface area (Å²) in [6.07, 6.45) is 6.76. The number of carbonyl (C=O) groups excluding carboxylic acids is 1. The summed E-state index contributed by atoms with van der Waals surface area (Å²) in [6, 6.07) is 2.20. The maximum Gasteiger partial charge on any atom is 0.227 e. The number of carbonyl (C=O) groups is 1. The molecule has 1 amide bonds. The van der Waals surface area contributed by atoms with Gasteiger partial charge in [-0.15, -0.1) is 12.4 Å². The number of nitrogens with zero attached hydrogens (tertiary/aromatic N) is 2. The SMILES string of the molecule is CCCCn1nccc1NC(=O)CC1CCCN1.Cl. The number of aromatic nitrogens is 2. The highest BCUT2D eigenvalue weighted by Gasteiger charge is 2.18. The van der Waals surface area contributed by atoms with E-state index in [1.807, 2.05) is 10.7 Å². The van der Waals surface area contributed by atoms with Crippen LogP contribution in [0.25, 0.3) is 0 Å². The molecule has 6 heteroatoms. The number of amides is 1. The Morgan fingerprint density at radius 2 is 2.47 bits per heavy atom. The van der Waals surface area contributed by atoms with Gasteiger partial charge in [-0.25, -0.2) is 4.68 Å². The number of hydrogen-bond acceptors (Lipinski definition) is 3. The number of unbranched alkanes of at least 4 members (excludes halogenated alkanes) is 1. The van der Waals surface area contributed by atoms with Crippen LogP contribution in [0, 0.1) is 0 Å². The van der Waals surface area contributed by atoms with Gasteiger partial charge in [0.25, 0.3) is 0 Å². The molecule has 1 unspecified atom stereocenters. The maximum absolute atomic E-state index is 11.9. The summed E-state index contributed by atoms with van der Waals surface area (Å²) in [7, 11) is 0. The molecule has 1 atom stereocenters. The molecule has 0 bridgehead atoms. The normalized spacial score (nSPS) is 18.1. The second-order valence-corrected chi connectivity index (χ2v) is 4.84. The van der Waals surface area contributed by atoms with Crippen molar-refractivity contribution in [3.8, 4) is 0 Å². The van der Waals surface area contributed by atoms with Crippen LogP contribution in [0.3, 0.4) is 0 Å². The lowest BCUT2D eigenvalue weighted by Crippen LogP contribution is -2.28. The van der Waals surface area contributed by atoms with Crippen molar-refractivity contribution in [1.82, 2.24) is 15.1 Å². The minimum absolute atomic E-state index is 0. The monoisotopic (exact) mass is 286 g/mol. The average Bonchev–Trinajstić information content (AvgIpc) is 2.98. The number of halogens is 1. The van der Waals surface area contributed by atoms with Crippen LogP contribution in [-0.4, -0.2) is 28.3 Å². The first-order valence-electron chi connectivity index (χ1n) is 6.84. The molecule has 5 nitrogen and oxygen atoms in total. The first kappa shape index (κ1) is 16.0. The van der Waals surface area contributed by atoms with Crippen molar-refractivity contribution in [2.24, 2.45) is 0 Å². The van der Waals surface area contributed by atoms with E-state index in [9.17, 15) is 4.79 Å². The van der Waals surface area contributed by atoms with Gasteiger partial charge in [0, 0.05) is 25.1 Å². The third-order valence-corrected chi connectivity index (χ3v) is 3.30. The van der Waals surface area contributed by atoms with E-state index in [2.05, 4.69) is 22.7 Å². The highest BCUT2D eigenvalue weighted by Crippen LogP contribution is 2.12. The number of anilines is 1. The lowest BCUT2D eigenvalue weighted by molar-refractivity contribution is -0.116. The van der Waals surface area contributed by atoms with Gasteiger partial charge < -0.3 is 10.6 Å². The Balaban J connectivity index is 0.00000180. The fourth-order valence-electron chi connectivity index (χ4n) is 2.27. The van der Waals surface area contributed by atoms with Crippen molar-refractivity contribution in [2.75, 3.05) is 11.9 Å². The minimum atomic E-state index is 0. The van der Waals surface area contributed by atoms with Crippen LogP contribution in [-0.2, 0) is 11.3 Å². The molecule has 0 saturated carbocycles. The van der Waals surface area contributed by atoms with Crippen molar-refractivity contribution in [2.45, 2.75) is 51.6 Å². The molecule has 2 rings (SSSR count). The fraction of sp³-hybridized carbons (Fsp3) is 0.692.